The summed E-state index contributed by atoms with van der Waals surface area (Å²) >= 11 is 0. The summed E-state index contributed by atoms with van der Waals surface area (Å²) in [5.74, 6) is 0. The maximum atomic E-state index is 12.7. The van der Waals surface area contributed by atoms with Gasteiger partial charge in [0.15, 0.2) is 0 Å². The molecule has 2 aromatic carbocycles. The molecule has 2 N–H and O–H groups in total. The summed E-state index contributed by atoms with van der Waals surface area (Å²) < 4.78 is 28.0. The van der Waals surface area contributed by atoms with Crippen LogP contribution >= 0.6 is 0 Å². The summed E-state index contributed by atoms with van der Waals surface area (Å²) in [5.41, 5.74) is 3.49. The van der Waals surface area contributed by atoms with Crippen LogP contribution in [0.2, 0.25) is 0 Å². The average Bonchev–Trinajstić information content (AvgIpc) is 2.71. The van der Waals surface area contributed by atoms with E-state index in [1.165, 1.54) is 5.56 Å². The molecule has 0 saturated carbocycles. The molecule has 0 aliphatic carbocycles. The number of piperazine rings is 1. The lowest BCUT2D eigenvalue weighted by Gasteiger charge is -2.27. The van der Waals surface area contributed by atoms with Gasteiger partial charge in [0.2, 0.25) is 0 Å². The highest BCUT2D eigenvalue weighted by atomic mass is 32.2. The zero-order chi connectivity index (χ0) is 20.6. The molecule has 0 atom stereocenters. The average molecular weight is 406 g/mol. The second-order valence-electron chi connectivity index (χ2n) is 6.91. The summed E-state index contributed by atoms with van der Waals surface area (Å²) in [5, 5.41) is 3.36. The van der Waals surface area contributed by atoms with E-state index in [-0.39, 0.29) is 1.43 Å². The minimum Gasteiger partial charge on any atom is -0.314 e. The van der Waals surface area contributed by atoms with Crippen LogP contribution in [0.5, 0.6) is 0 Å². The second-order valence-corrected chi connectivity index (χ2v) is 8.56. The van der Waals surface area contributed by atoms with Crippen molar-refractivity contribution in [1.29, 1.82) is 0 Å². The van der Waals surface area contributed by atoms with E-state index in [0.717, 1.165) is 50.3 Å². The van der Waals surface area contributed by atoms with Crippen LogP contribution in [0.25, 0.3) is 0 Å². The first-order valence-corrected chi connectivity index (χ1v) is 11.5. The number of benzene rings is 2. The smallest absolute Gasteiger partial charge is 0.262 e. The molecule has 5 nitrogen and oxygen atoms in total. The molecule has 6 heteroatoms. The Bertz CT molecular complexity index is 849. The van der Waals surface area contributed by atoms with Gasteiger partial charge in [-0.1, -0.05) is 38.1 Å². The SMILES string of the molecule is CC.Cc1ccc(C)c(S(=O)(=O)Nc2ccc(CCN3CCNCC3)cc2)c1.[HH]. The van der Waals surface area contributed by atoms with Gasteiger partial charge >= 0.3 is 0 Å². The highest BCUT2D eigenvalue weighted by Crippen LogP contribution is 2.21. The van der Waals surface area contributed by atoms with Crippen molar-refractivity contribution in [2.24, 2.45) is 0 Å². The van der Waals surface area contributed by atoms with Crippen molar-refractivity contribution < 1.29 is 9.84 Å². The largest absolute Gasteiger partial charge is 0.314 e. The molecule has 0 bridgehead atoms. The Labute approximate surface area is 171 Å². The Hall–Kier alpha value is -1.89. The van der Waals surface area contributed by atoms with E-state index in [4.69, 9.17) is 0 Å². The molecule has 0 aromatic heterocycles. The van der Waals surface area contributed by atoms with Crippen molar-refractivity contribution in [3.05, 3.63) is 59.2 Å². The van der Waals surface area contributed by atoms with Crippen molar-refractivity contribution in [1.82, 2.24) is 10.2 Å². The van der Waals surface area contributed by atoms with Crippen LogP contribution in [0.15, 0.2) is 47.4 Å². The Morgan fingerprint density at radius 3 is 2.32 bits per heavy atom. The van der Waals surface area contributed by atoms with Gasteiger partial charge in [-0.3, -0.25) is 4.72 Å². The fraction of sp³-hybridized carbons (Fsp3) is 0.455. The lowest BCUT2D eigenvalue weighted by Crippen LogP contribution is -2.44. The van der Waals surface area contributed by atoms with E-state index in [1.54, 1.807) is 6.07 Å². The Balaban J connectivity index is 0.00000136. The predicted molar refractivity (Wildman–Crippen MR) is 120 cm³/mol. The lowest BCUT2D eigenvalue weighted by molar-refractivity contribution is 0.244. The second kappa shape index (κ2) is 10.6. The van der Waals surface area contributed by atoms with Gasteiger partial charge in [-0.15, -0.1) is 0 Å². The highest BCUT2D eigenvalue weighted by Gasteiger charge is 2.17. The number of nitrogens with zero attached hydrogens (tertiary/aromatic N) is 1. The van der Waals surface area contributed by atoms with Crippen LogP contribution in [0.3, 0.4) is 0 Å². The van der Waals surface area contributed by atoms with Gasteiger partial charge in [0.1, 0.15) is 0 Å². The van der Waals surface area contributed by atoms with Crippen LogP contribution in [0.4, 0.5) is 5.69 Å². The molecule has 0 spiro atoms. The van der Waals surface area contributed by atoms with Gasteiger partial charge in [-0.2, -0.15) is 0 Å². The molecule has 1 saturated heterocycles. The quantitative estimate of drug-likeness (QED) is 0.767. The van der Waals surface area contributed by atoms with E-state index in [9.17, 15) is 8.42 Å². The third-order valence-corrected chi connectivity index (χ3v) is 6.29. The standard InChI is InChI=1S/C20H27N3O2S.C2H6.H2/c1-16-3-4-17(2)20(15-16)26(24,25)22-19-7-5-18(6-8-19)9-12-23-13-10-21-11-14-23;1-2;/h3-8,15,21-22H,9-14H2,1-2H3;1-2H3;1H. The summed E-state index contributed by atoms with van der Waals surface area (Å²) in [4.78, 5) is 2.79. The summed E-state index contributed by atoms with van der Waals surface area (Å²) in [7, 11) is -3.57. The van der Waals surface area contributed by atoms with E-state index in [0.29, 0.717) is 10.6 Å². The molecule has 2 aromatic rings. The number of anilines is 1. The zero-order valence-electron chi connectivity index (χ0n) is 17.5. The first kappa shape index (κ1) is 22.4. The van der Waals surface area contributed by atoms with Gasteiger partial charge in [-0.25, -0.2) is 8.42 Å². The maximum absolute atomic E-state index is 12.7. The Morgan fingerprint density at radius 2 is 1.68 bits per heavy atom. The highest BCUT2D eigenvalue weighted by molar-refractivity contribution is 7.92. The van der Waals surface area contributed by atoms with Crippen molar-refractivity contribution in [2.45, 2.75) is 39.0 Å². The minimum absolute atomic E-state index is 0. The van der Waals surface area contributed by atoms with Crippen LogP contribution in [0, 0.1) is 13.8 Å². The fourth-order valence-electron chi connectivity index (χ4n) is 3.17. The minimum atomic E-state index is -3.57. The molecule has 1 heterocycles. The molecule has 0 unspecified atom stereocenters. The maximum Gasteiger partial charge on any atom is 0.262 e. The van der Waals surface area contributed by atoms with E-state index < -0.39 is 10.0 Å². The van der Waals surface area contributed by atoms with Crippen LogP contribution in [-0.4, -0.2) is 46.0 Å². The lowest BCUT2D eigenvalue weighted by atomic mass is 10.1. The Kier molecular flexibility index (Phi) is 8.48. The van der Waals surface area contributed by atoms with E-state index >= 15 is 0 Å². The normalized spacial score (nSPS) is 14.9. The van der Waals surface area contributed by atoms with Gasteiger partial charge in [0.25, 0.3) is 10.0 Å². The number of sulfonamides is 1. The number of hydrogen-bond donors (Lipinski definition) is 2. The fourth-order valence-corrected chi connectivity index (χ4v) is 4.56. The van der Waals surface area contributed by atoms with Crippen LogP contribution < -0.4 is 10.0 Å². The first-order chi connectivity index (χ1) is 13.4. The molecule has 156 valence electrons. The summed E-state index contributed by atoms with van der Waals surface area (Å²) in [6.07, 6.45) is 0.976. The van der Waals surface area contributed by atoms with Crippen molar-refractivity contribution >= 4 is 15.7 Å². The topological polar surface area (TPSA) is 61.4 Å². The van der Waals surface area contributed by atoms with Crippen LogP contribution in [-0.2, 0) is 16.4 Å². The third-order valence-electron chi connectivity index (χ3n) is 4.77. The number of nitrogens with one attached hydrogen (secondary N) is 2. The summed E-state index contributed by atoms with van der Waals surface area (Å²) in [6, 6.07) is 13.2. The molecule has 3 rings (SSSR count). The molecule has 0 amide bonds. The number of aryl methyl sites for hydroxylation is 2. The summed E-state index contributed by atoms with van der Waals surface area (Å²) in [6.45, 7) is 13.0. The number of hydrogen-bond acceptors (Lipinski definition) is 4. The monoisotopic (exact) mass is 405 g/mol. The van der Waals surface area contributed by atoms with Crippen LogP contribution in [0.1, 0.15) is 32.0 Å². The molecular formula is C22H35N3O2S. The first-order valence-electron chi connectivity index (χ1n) is 10.1. The molecule has 1 aliphatic heterocycles. The van der Waals surface area contributed by atoms with Crippen molar-refractivity contribution in [2.75, 3.05) is 37.4 Å². The molecule has 1 aliphatic rings. The van der Waals surface area contributed by atoms with Gasteiger partial charge in [0.05, 0.1) is 4.90 Å². The molecule has 0 radical (unpaired) electrons. The third kappa shape index (κ3) is 6.33. The molecule has 28 heavy (non-hydrogen) atoms. The van der Waals surface area contributed by atoms with Gasteiger partial charge in [-0.05, 0) is 55.2 Å². The van der Waals surface area contributed by atoms with E-state index in [1.807, 2.05) is 64.1 Å². The molecule has 1 fully saturated rings. The molecular weight excluding hydrogens is 370 g/mol. The predicted octanol–water partition coefficient (Wildman–Crippen LogP) is 3.82. The van der Waals surface area contributed by atoms with Gasteiger partial charge in [0, 0.05) is 39.8 Å². The number of rotatable bonds is 6. The van der Waals surface area contributed by atoms with E-state index in [2.05, 4.69) is 14.9 Å². The van der Waals surface area contributed by atoms with Crippen molar-refractivity contribution in [3.8, 4) is 0 Å². The Morgan fingerprint density at radius 1 is 1.04 bits per heavy atom. The zero-order valence-corrected chi connectivity index (χ0v) is 18.3. The van der Waals surface area contributed by atoms with Gasteiger partial charge < -0.3 is 10.2 Å². The van der Waals surface area contributed by atoms with Crippen molar-refractivity contribution in [3.63, 3.8) is 0 Å².